The van der Waals surface area contributed by atoms with Gasteiger partial charge in [-0.05, 0) is 48.2 Å². The van der Waals surface area contributed by atoms with Crippen LogP contribution < -0.4 is 5.32 Å². The normalized spacial score (nSPS) is 11.9. The van der Waals surface area contributed by atoms with E-state index in [1.54, 1.807) is 12.1 Å². The minimum absolute atomic E-state index is 0.0444. The maximum atomic E-state index is 14.0. The summed E-state index contributed by atoms with van der Waals surface area (Å²) >= 11 is 5.79. The number of halogens is 2. The fraction of sp³-hybridized carbons (Fsp3) is 0.174. The van der Waals surface area contributed by atoms with Gasteiger partial charge in [0, 0.05) is 5.02 Å². The van der Waals surface area contributed by atoms with Gasteiger partial charge >= 0.3 is 0 Å². The molecule has 0 saturated heterocycles. The highest BCUT2D eigenvalue weighted by molar-refractivity contribution is 6.30. The van der Waals surface area contributed by atoms with E-state index in [0.29, 0.717) is 10.6 Å². The third-order valence-electron chi connectivity index (χ3n) is 4.54. The van der Waals surface area contributed by atoms with Crippen molar-refractivity contribution in [3.05, 3.63) is 105 Å². The van der Waals surface area contributed by atoms with Gasteiger partial charge in [0.1, 0.15) is 5.82 Å². The second kappa shape index (κ2) is 8.36. The van der Waals surface area contributed by atoms with E-state index in [1.165, 1.54) is 6.07 Å². The summed E-state index contributed by atoms with van der Waals surface area (Å²) in [5, 5.41) is 3.38. The summed E-state index contributed by atoms with van der Waals surface area (Å²) in [6, 6.07) is 20.0. The van der Waals surface area contributed by atoms with E-state index in [4.69, 9.17) is 11.6 Å². The first-order valence-corrected chi connectivity index (χ1v) is 9.17. The molecule has 2 nitrogen and oxygen atoms in total. The molecule has 0 aliphatic rings. The Bertz CT molecular complexity index is 956. The number of benzene rings is 3. The van der Waals surface area contributed by atoms with Crippen molar-refractivity contribution in [3.63, 3.8) is 0 Å². The first-order chi connectivity index (χ1) is 12.9. The van der Waals surface area contributed by atoms with Crippen LogP contribution in [0.2, 0.25) is 5.02 Å². The zero-order valence-electron chi connectivity index (χ0n) is 15.3. The van der Waals surface area contributed by atoms with Crippen LogP contribution in [-0.4, -0.2) is 5.91 Å². The quantitative estimate of drug-likeness (QED) is 0.617. The third kappa shape index (κ3) is 4.75. The van der Waals surface area contributed by atoms with Gasteiger partial charge in [0.05, 0.1) is 12.5 Å². The molecule has 0 saturated carbocycles. The van der Waals surface area contributed by atoms with E-state index in [1.807, 2.05) is 56.3 Å². The third-order valence-corrected chi connectivity index (χ3v) is 4.78. The van der Waals surface area contributed by atoms with E-state index >= 15 is 0 Å². The first-order valence-electron chi connectivity index (χ1n) is 8.79. The fourth-order valence-electron chi connectivity index (χ4n) is 3.19. The highest BCUT2D eigenvalue weighted by Gasteiger charge is 2.19. The lowest BCUT2D eigenvalue weighted by Crippen LogP contribution is -2.31. The van der Waals surface area contributed by atoms with Crippen LogP contribution in [0.1, 0.15) is 33.9 Å². The largest absolute Gasteiger partial charge is 0.345 e. The Morgan fingerprint density at radius 3 is 2.44 bits per heavy atom. The molecule has 0 fully saturated rings. The topological polar surface area (TPSA) is 29.1 Å². The molecule has 1 unspecified atom stereocenters. The molecule has 0 aromatic heterocycles. The molecule has 4 heteroatoms. The fourth-order valence-corrected chi connectivity index (χ4v) is 3.34. The van der Waals surface area contributed by atoms with Crippen LogP contribution in [0.25, 0.3) is 0 Å². The molecule has 3 rings (SSSR count). The van der Waals surface area contributed by atoms with Crippen molar-refractivity contribution < 1.29 is 9.18 Å². The van der Waals surface area contributed by atoms with Crippen molar-refractivity contribution in [2.24, 2.45) is 0 Å². The molecule has 0 bridgehead atoms. The first kappa shape index (κ1) is 19.1. The van der Waals surface area contributed by atoms with Gasteiger partial charge in [-0.3, -0.25) is 4.79 Å². The van der Waals surface area contributed by atoms with Crippen molar-refractivity contribution >= 4 is 17.5 Å². The van der Waals surface area contributed by atoms with E-state index in [-0.39, 0.29) is 18.4 Å². The second-order valence-electron chi connectivity index (χ2n) is 6.68. The van der Waals surface area contributed by atoms with Crippen molar-refractivity contribution in [3.8, 4) is 0 Å². The summed E-state index contributed by atoms with van der Waals surface area (Å²) in [4.78, 5) is 12.7. The summed E-state index contributed by atoms with van der Waals surface area (Å²) in [6.45, 7) is 4.07. The molecule has 27 heavy (non-hydrogen) atoms. The summed E-state index contributed by atoms with van der Waals surface area (Å²) < 4.78 is 14.0. The molecule has 0 aliphatic carbocycles. The summed E-state index contributed by atoms with van der Waals surface area (Å²) in [5.74, 6) is -0.717. The van der Waals surface area contributed by atoms with Crippen molar-refractivity contribution in [2.45, 2.75) is 26.3 Å². The van der Waals surface area contributed by atoms with Crippen LogP contribution in [0.15, 0.2) is 66.7 Å². The molecule has 0 radical (unpaired) electrons. The van der Waals surface area contributed by atoms with E-state index in [2.05, 4.69) is 11.4 Å². The highest BCUT2D eigenvalue weighted by atomic mass is 35.5. The number of aryl methyl sites for hydroxylation is 2. The molecule has 0 spiro atoms. The molecule has 3 aromatic carbocycles. The Hall–Kier alpha value is -2.65. The standard InChI is InChI=1S/C23H21ClFNO/c1-15-8-11-20(16(2)12-15)23(17-6-4-3-5-7-17)26-22(27)13-18-9-10-19(24)14-21(18)25/h3-12,14,23H,13H2,1-2H3,(H,26,27). The van der Waals surface area contributed by atoms with Gasteiger partial charge in [-0.25, -0.2) is 4.39 Å². The molecular formula is C23H21ClFNO. The van der Waals surface area contributed by atoms with Crippen LogP contribution in [0, 0.1) is 19.7 Å². The predicted octanol–water partition coefficient (Wildman–Crippen LogP) is 5.54. The molecule has 138 valence electrons. The number of hydrogen-bond acceptors (Lipinski definition) is 1. The van der Waals surface area contributed by atoms with Gasteiger partial charge in [-0.15, -0.1) is 0 Å². The molecule has 1 N–H and O–H groups in total. The summed E-state index contributed by atoms with van der Waals surface area (Å²) in [5.41, 5.74) is 4.59. The van der Waals surface area contributed by atoms with Crippen molar-refractivity contribution in [1.29, 1.82) is 0 Å². The Morgan fingerprint density at radius 2 is 1.78 bits per heavy atom. The lowest BCUT2D eigenvalue weighted by Gasteiger charge is -2.22. The van der Waals surface area contributed by atoms with E-state index in [9.17, 15) is 9.18 Å². The van der Waals surface area contributed by atoms with Gasteiger partial charge in [0.2, 0.25) is 5.91 Å². The number of carbonyl (C=O) groups excluding carboxylic acids is 1. The lowest BCUT2D eigenvalue weighted by molar-refractivity contribution is -0.121. The maximum Gasteiger partial charge on any atom is 0.225 e. The number of amides is 1. The monoisotopic (exact) mass is 381 g/mol. The molecule has 0 aliphatic heterocycles. The van der Waals surface area contributed by atoms with Gasteiger partial charge in [-0.2, -0.15) is 0 Å². The molecule has 0 heterocycles. The van der Waals surface area contributed by atoms with Gasteiger partial charge in [-0.1, -0.05) is 71.8 Å². The highest BCUT2D eigenvalue weighted by Crippen LogP contribution is 2.26. The average Bonchev–Trinajstić information content (AvgIpc) is 2.63. The molecule has 3 aromatic rings. The molecular weight excluding hydrogens is 361 g/mol. The number of hydrogen-bond donors (Lipinski definition) is 1. The van der Waals surface area contributed by atoms with Crippen LogP contribution in [0.5, 0.6) is 0 Å². The Morgan fingerprint density at radius 1 is 1.04 bits per heavy atom. The van der Waals surface area contributed by atoms with Gasteiger partial charge in [0.15, 0.2) is 0 Å². The number of rotatable bonds is 5. The zero-order chi connectivity index (χ0) is 19.4. The predicted molar refractivity (Wildman–Crippen MR) is 107 cm³/mol. The summed E-state index contributed by atoms with van der Waals surface area (Å²) in [7, 11) is 0. The van der Waals surface area contributed by atoms with Gasteiger partial charge in [0.25, 0.3) is 0 Å². The average molecular weight is 382 g/mol. The van der Waals surface area contributed by atoms with Crippen molar-refractivity contribution in [1.82, 2.24) is 5.32 Å². The van der Waals surface area contributed by atoms with Gasteiger partial charge < -0.3 is 5.32 Å². The van der Waals surface area contributed by atoms with Crippen LogP contribution in [0.4, 0.5) is 4.39 Å². The maximum absolute atomic E-state index is 14.0. The SMILES string of the molecule is Cc1ccc(C(NC(=O)Cc2ccc(Cl)cc2F)c2ccccc2)c(C)c1. The van der Waals surface area contributed by atoms with Crippen LogP contribution in [-0.2, 0) is 11.2 Å². The summed E-state index contributed by atoms with van der Waals surface area (Å²) in [6.07, 6.45) is -0.0444. The van der Waals surface area contributed by atoms with E-state index in [0.717, 1.165) is 22.3 Å². The Kier molecular flexibility index (Phi) is 5.92. The number of carbonyl (C=O) groups is 1. The minimum atomic E-state index is -0.472. The van der Waals surface area contributed by atoms with Crippen LogP contribution in [0.3, 0.4) is 0 Å². The Balaban J connectivity index is 1.88. The molecule has 1 amide bonds. The Labute approximate surface area is 164 Å². The van der Waals surface area contributed by atoms with Crippen LogP contribution >= 0.6 is 11.6 Å². The zero-order valence-corrected chi connectivity index (χ0v) is 16.1. The lowest BCUT2D eigenvalue weighted by atomic mass is 9.93. The molecule has 1 atom stereocenters. The van der Waals surface area contributed by atoms with E-state index < -0.39 is 5.82 Å². The minimum Gasteiger partial charge on any atom is -0.345 e. The smallest absolute Gasteiger partial charge is 0.225 e. The second-order valence-corrected chi connectivity index (χ2v) is 7.12. The van der Waals surface area contributed by atoms with Crippen molar-refractivity contribution in [2.75, 3.05) is 0 Å². The number of nitrogens with one attached hydrogen (secondary N) is 1.